The Morgan fingerprint density at radius 3 is 2.75 bits per heavy atom. The Hall–Kier alpha value is -1.79. The van der Waals surface area contributed by atoms with Crippen molar-refractivity contribution in [3.05, 3.63) is 23.8 Å². The van der Waals surface area contributed by atoms with Gasteiger partial charge in [0.1, 0.15) is 0 Å². The number of para-hydroxylation sites is 1. The summed E-state index contributed by atoms with van der Waals surface area (Å²) in [5, 5.41) is 12.6. The molecule has 0 saturated heterocycles. The van der Waals surface area contributed by atoms with Crippen molar-refractivity contribution in [3.8, 4) is 11.5 Å². The summed E-state index contributed by atoms with van der Waals surface area (Å²) in [4.78, 5) is 14.0. The number of hydrogen-bond acceptors (Lipinski definition) is 5. The van der Waals surface area contributed by atoms with Gasteiger partial charge in [0.2, 0.25) is 0 Å². The van der Waals surface area contributed by atoms with E-state index in [1.807, 2.05) is 7.05 Å². The summed E-state index contributed by atoms with van der Waals surface area (Å²) in [5.74, 6) is -0.170. The predicted molar refractivity (Wildman–Crippen MR) is 76.4 cm³/mol. The summed E-state index contributed by atoms with van der Waals surface area (Å²) in [7, 11) is 5.05. The molecule has 1 aromatic rings. The van der Waals surface area contributed by atoms with E-state index >= 15 is 0 Å². The highest BCUT2D eigenvalue weighted by atomic mass is 16.5. The van der Waals surface area contributed by atoms with Crippen molar-refractivity contribution in [1.82, 2.24) is 10.2 Å². The number of likely N-dealkylation sites (N-methyl/N-ethyl adjacent to an activating group) is 1. The Balaban J connectivity index is 2.47. The van der Waals surface area contributed by atoms with Gasteiger partial charge in [-0.05, 0) is 19.2 Å². The number of nitrogens with zero attached hydrogens (tertiary/aromatic N) is 1. The summed E-state index contributed by atoms with van der Waals surface area (Å²) >= 11 is 0. The number of benzene rings is 1. The molecule has 0 unspecified atom stereocenters. The van der Waals surface area contributed by atoms with Crippen LogP contribution in [0.1, 0.15) is 10.4 Å². The molecule has 20 heavy (non-hydrogen) atoms. The number of rotatable bonds is 8. The fourth-order valence-electron chi connectivity index (χ4n) is 1.68. The zero-order chi connectivity index (χ0) is 15.0. The van der Waals surface area contributed by atoms with Crippen LogP contribution in [0.25, 0.3) is 0 Å². The van der Waals surface area contributed by atoms with Crippen LogP contribution in [0, 0.1) is 0 Å². The van der Waals surface area contributed by atoms with E-state index in [9.17, 15) is 9.90 Å². The van der Waals surface area contributed by atoms with E-state index in [1.165, 1.54) is 7.11 Å². The zero-order valence-electron chi connectivity index (χ0n) is 12.2. The minimum atomic E-state index is -0.318. The number of phenols is 1. The second-order valence-electron chi connectivity index (χ2n) is 4.41. The van der Waals surface area contributed by atoms with Crippen molar-refractivity contribution in [3.63, 3.8) is 0 Å². The summed E-state index contributed by atoms with van der Waals surface area (Å²) in [5.41, 5.74) is 0.212. The topological polar surface area (TPSA) is 71.0 Å². The van der Waals surface area contributed by atoms with Gasteiger partial charge in [0.15, 0.2) is 11.5 Å². The van der Waals surface area contributed by atoms with Gasteiger partial charge in [-0.15, -0.1) is 0 Å². The van der Waals surface area contributed by atoms with Gasteiger partial charge in [0, 0.05) is 26.7 Å². The van der Waals surface area contributed by atoms with Gasteiger partial charge < -0.3 is 24.8 Å². The highest BCUT2D eigenvalue weighted by Crippen LogP contribution is 2.28. The summed E-state index contributed by atoms with van der Waals surface area (Å²) in [6, 6.07) is 4.82. The van der Waals surface area contributed by atoms with E-state index in [-0.39, 0.29) is 23.0 Å². The molecule has 1 amide bonds. The van der Waals surface area contributed by atoms with Crippen molar-refractivity contribution < 1.29 is 19.4 Å². The van der Waals surface area contributed by atoms with E-state index in [4.69, 9.17) is 9.47 Å². The molecule has 0 spiro atoms. The average Bonchev–Trinajstić information content (AvgIpc) is 2.45. The molecule has 0 saturated carbocycles. The van der Waals surface area contributed by atoms with Crippen molar-refractivity contribution in [1.29, 1.82) is 0 Å². The van der Waals surface area contributed by atoms with Crippen LogP contribution in [-0.2, 0) is 4.74 Å². The molecule has 0 aliphatic heterocycles. The molecule has 0 radical (unpaired) electrons. The van der Waals surface area contributed by atoms with Crippen molar-refractivity contribution >= 4 is 5.91 Å². The maximum Gasteiger partial charge on any atom is 0.255 e. The Morgan fingerprint density at radius 2 is 2.10 bits per heavy atom. The van der Waals surface area contributed by atoms with Crippen LogP contribution in [0.2, 0.25) is 0 Å². The van der Waals surface area contributed by atoms with E-state index in [0.717, 1.165) is 6.54 Å². The number of ether oxygens (including phenoxy) is 2. The molecule has 1 rings (SSSR count). The van der Waals surface area contributed by atoms with Crippen molar-refractivity contribution in [2.75, 3.05) is 47.5 Å². The maximum absolute atomic E-state index is 12.0. The lowest BCUT2D eigenvalue weighted by molar-refractivity contribution is 0.0944. The molecule has 2 N–H and O–H groups in total. The van der Waals surface area contributed by atoms with Gasteiger partial charge in [-0.3, -0.25) is 4.79 Å². The first kappa shape index (κ1) is 16.3. The van der Waals surface area contributed by atoms with Crippen LogP contribution >= 0.6 is 0 Å². The first-order valence-corrected chi connectivity index (χ1v) is 6.41. The summed E-state index contributed by atoms with van der Waals surface area (Å²) in [6.07, 6.45) is 0. The fourth-order valence-corrected chi connectivity index (χ4v) is 1.68. The predicted octanol–water partition coefficient (Wildman–Crippen LogP) is 0.709. The van der Waals surface area contributed by atoms with Crippen LogP contribution in [0.5, 0.6) is 11.5 Å². The lowest BCUT2D eigenvalue weighted by atomic mass is 10.1. The van der Waals surface area contributed by atoms with Crippen molar-refractivity contribution in [2.45, 2.75) is 0 Å². The first-order chi connectivity index (χ1) is 9.60. The molecule has 0 aliphatic carbocycles. The maximum atomic E-state index is 12.0. The molecule has 6 nitrogen and oxygen atoms in total. The van der Waals surface area contributed by atoms with Gasteiger partial charge in [-0.1, -0.05) is 6.07 Å². The molecule has 0 heterocycles. The van der Waals surface area contributed by atoms with Crippen LogP contribution in [0.3, 0.4) is 0 Å². The van der Waals surface area contributed by atoms with E-state index < -0.39 is 0 Å². The van der Waals surface area contributed by atoms with E-state index in [2.05, 4.69) is 10.2 Å². The lowest BCUT2D eigenvalue weighted by Gasteiger charge is -2.16. The van der Waals surface area contributed by atoms with Gasteiger partial charge in [-0.25, -0.2) is 0 Å². The molecule has 0 aliphatic rings. The Bertz CT molecular complexity index is 437. The molecule has 6 heteroatoms. The second-order valence-corrected chi connectivity index (χ2v) is 4.41. The minimum absolute atomic E-state index is 0.139. The Morgan fingerprint density at radius 1 is 1.35 bits per heavy atom. The lowest BCUT2D eigenvalue weighted by Crippen LogP contribution is -2.34. The Labute approximate surface area is 119 Å². The SMILES string of the molecule is COCCN(C)CCNC(=O)c1cccc(OC)c1O. The van der Waals surface area contributed by atoms with Gasteiger partial charge >= 0.3 is 0 Å². The van der Waals surface area contributed by atoms with Gasteiger partial charge in [0.25, 0.3) is 5.91 Å². The number of carbonyl (C=O) groups excluding carboxylic acids is 1. The number of carbonyl (C=O) groups is 1. The summed E-state index contributed by atoms with van der Waals surface area (Å²) < 4.78 is 9.95. The molecule has 0 aromatic heterocycles. The normalized spacial score (nSPS) is 10.6. The third-order valence-electron chi connectivity index (χ3n) is 2.92. The molecule has 0 bridgehead atoms. The third-order valence-corrected chi connectivity index (χ3v) is 2.92. The molecular weight excluding hydrogens is 260 g/mol. The highest BCUT2D eigenvalue weighted by Gasteiger charge is 2.14. The number of aromatic hydroxyl groups is 1. The fraction of sp³-hybridized carbons (Fsp3) is 0.500. The zero-order valence-corrected chi connectivity index (χ0v) is 12.2. The monoisotopic (exact) mass is 282 g/mol. The number of phenolic OH excluding ortho intramolecular Hbond substituents is 1. The average molecular weight is 282 g/mol. The van der Waals surface area contributed by atoms with Crippen LogP contribution < -0.4 is 10.1 Å². The van der Waals surface area contributed by atoms with Crippen LogP contribution in [0.4, 0.5) is 0 Å². The number of hydrogen-bond donors (Lipinski definition) is 2. The van der Waals surface area contributed by atoms with Crippen molar-refractivity contribution in [2.24, 2.45) is 0 Å². The standard InChI is InChI=1S/C14H22N2O4/c1-16(9-10-19-2)8-7-15-14(18)11-5-4-6-12(20-3)13(11)17/h4-6,17H,7-10H2,1-3H3,(H,15,18). The first-order valence-electron chi connectivity index (χ1n) is 6.41. The van der Waals surface area contributed by atoms with E-state index in [0.29, 0.717) is 19.7 Å². The molecule has 112 valence electrons. The van der Waals surface area contributed by atoms with E-state index in [1.54, 1.807) is 25.3 Å². The highest BCUT2D eigenvalue weighted by molar-refractivity contribution is 5.97. The minimum Gasteiger partial charge on any atom is -0.504 e. The number of methoxy groups -OCH3 is 2. The molecule has 0 fully saturated rings. The third kappa shape index (κ3) is 4.71. The second kappa shape index (κ2) is 8.39. The molecule has 1 aromatic carbocycles. The van der Waals surface area contributed by atoms with Gasteiger partial charge in [0.05, 0.1) is 19.3 Å². The smallest absolute Gasteiger partial charge is 0.255 e. The Kier molecular flexibility index (Phi) is 6.83. The van der Waals surface area contributed by atoms with Gasteiger partial charge in [-0.2, -0.15) is 0 Å². The molecular formula is C14H22N2O4. The summed E-state index contributed by atoms with van der Waals surface area (Å²) in [6.45, 7) is 2.66. The largest absolute Gasteiger partial charge is 0.504 e. The number of nitrogens with one attached hydrogen (secondary N) is 1. The van der Waals surface area contributed by atoms with Crippen LogP contribution in [-0.4, -0.2) is 63.4 Å². The molecule has 0 atom stereocenters. The quantitative estimate of drug-likeness (QED) is 0.735. The van der Waals surface area contributed by atoms with Crippen LogP contribution in [0.15, 0.2) is 18.2 Å². The number of amides is 1.